The molecule has 0 saturated carbocycles. The minimum Gasteiger partial charge on any atom is -0.489 e. The van der Waals surface area contributed by atoms with E-state index in [4.69, 9.17) is 9.47 Å². The van der Waals surface area contributed by atoms with Crippen LogP contribution in [0, 0.1) is 12.7 Å². The fourth-order valence-electron chi connectivity index (χ4n) is 4.12. The summed E-state index contributed by atoms with van der Waals surface area (Å²) in [6.45, 7) is 5.56. The molecule has 0 amide bonds. The van der Waals surface area contributed by atoms with Crippen molar-refractivity contribution in [3.8, 4) is 11.5 Å². The number of benzene rings is 2. The monoisotopic (exact) mass is 444 g/mol. The molecule has 0 bridgehead atoms. The van der Waals surface area contributed by atoms with Crippen LogP contribution in [0.2, 0.25) is 0 Å². The van der Waals surface area contributed by atoms with Gasteiger partial charge in [-0.3, -0.25) is 0 Å². The summed E-state index contributed by atoms with van der Waals surface area (Å²) in [6.07, 6.45) is -2.12. The van der Waals surface area contributed by atoms with Crippen LogP contribution < -0.4 is 20.1 Å². The van der Waals surface area contributed by atoms with E-state index < -0.39 is 23.8 Å². The smallest absolute Gasteiger partial charge is 0.266 e. The van der Waals surface area contributed by atoms with Crippen LogP contribution in [0.15, 0.2) is 24.3 Å². The molecule has 3 aromatic rings. The molecule has 1 aromatic heterocycles. The molecule has 2 aromatic carbocycles. The number of fused-ring (bicyclic) bond motifs is 3. The van der Waals surface area contributed by atoms with Crippen LogP contribution in [0.5, 0.6) is 11.5 Å². The van der Waals surface area contributed by atoms with Crippen molar-refractivity contribution >= 4 is 16.7 Å². The van der Waals surface area contributed by atoms with Crippen LogP contribution >= 0.6 is 0 Å². The van der Waals surface area contributed by atoms with Crippen molar-refractivity contribution in [1.29, 1.82) is 0 Å². The van der Waals surface area contributed by atoms with Gasteiger partial charge in [-0.15, -0.1) is 0 Å². The largest absolute Gasteiger partial charge is 0.489 e. The standard InChI is InChI=1S/C23H23F3N4O2/c1-11(14-4-3-5-15(19(14)24)22(25)26)28-23-17-8-18(32-13-9-27-10-13)21-16(6-7-31-21)20(17)29-12(2)30-23/h3-5,8,11,13,22,27H,6-7,9-10H2,1-2H3,(H,28,29,30)/t11-/m1/s1. The van der Waals surface area contributed by atoms with Gasteiger partial charge in [0.25, 0.3) is 6.43 Å². The van der Waals surface area contributed by atoms with Crippen LogP contribution in [0.25, 0.3) is 10.9 Å². The van der Waals surface area contributed by atoms with E-state index in [-0.39, 0.29) is 11.7 Å². The topological polar surface area (TPSA) is 68.3 Å². The molecule has 1 fully saturated rings. The summed E-state index contributed by atoms with van der Waals surface area (Å²) < 4.78 is 53.0. The summed E-state index contributed by atoms with van der Waals surface area (Å²) in [7, 11) is 0. The number of ether oxygens (including phenoxy) is 2. The lowest BCUT2D eigenvalue weighted by Gasteiger charge is -2.28. The Bertz CT molecular complexity index is 1180. The molecule has 32 heavy (non-hydrogen) atoms. The number of anilines is 1. The van der Waals surface area contributed by atoms with Crippen LogP contribution in [-0.4, -0.2) is 35.8 Å². The third kappa shape index (κ3) is 3.60. The molecule has 0 spiro atoms. The highest BCUT2D eigenvalue weighted by Gasteiger charge is 2.28. The number of nitrogens with one attached hydrogen (secondary N) is 2. The minimum absolute atomic E-state index is 0.0635. The van der Waals surface area contributed by atoms with E-state index in [2.05, 4.69) is 20.6 Å². The fourth-order valence-corrected chi connectivity index (χ4v) is 4.12. The molecule has 1 saturated heterocycles. The van der Waals surface area contributed by atoms with Gasteiger partial charge in [0.2, 0.25) is 0 Å². The van der Waals surface area contributed by atoms with Gasteiger partial charge in [0.05, 0.1) is 23.7 Å². The van der Waals surface area contributed by atoms with Gasteiger partial charge < -0.3 is 20.1 Å². The summed E-state index contributed by atoms with van der Waals surface area (Å²) >= 11 is 0. The Labute approximate surface area is 183 Å². The highest BCUT2D eigenvalue weighted by atomic mass is 19.3. The zero-order chi connectivity index (χ0) is 22.4. The maximum atomic E-state index is 14.7. The summed E-state index contributed by atoms with van der Waals surface area (Å²) in [5.41, 5.74) is 1.24. The van der Waals surface area contributed by atoms with E-state index in [9.17, 15) is 13.2 Å². The van der Waals surface area contributed by atoms with Crippen molar-refractivity contribution in [3.63, 3.8) is 0 Å². The first kappa shape index (κ1) is 20.8. The Morgan fingerprint density at radius 2 is 2.00 bits per heavy atom. The number of hydrogen-bond donors (Lipinski definition) is 2. The van der Waals surface area contributed by atoms with Crippen LogP contribution in [0.4, 0.5) is 19.0 Å². The Morgan fingerprint density at radius 1 is 1.22 bits per heavy atom. The molecular weight excluding hydrogens is 421 g/mol. The highest BCUT2D eigenvalue weighted by molar-refractivity contribution is 5.95. The van der Waals surface area contributed by atoms with Gasteiger partial charge in [-0.2, -0.15) is 0 Å². The Kier molecular flexibility index (Phi) is 5.28. The average molecular weight is 444 g/mol. The van der Waals surface area contributed by atoms with Gasteiger partial charge in [-0.1, -0.05) is 18.2 Å². The zero-order valence-electron chi connectivity index (χ0n) is 17.7. The third-order valence-electron chi connectivity index (χ3n) is 5.87. The van der Waals surface area contributed by atoms with Gasteiger partial charge in [-0.05, 0) is 19.9 Å². The quantitative estimate of drug-likeness (QED) is 0.585. The number of halogens is 3. The van der Waals surface area contributed by atoms with E-state index in [1.54, 1.807) is 13.8 Å². The fraction of sp³-hybridized carbons (Fsp3) is 0.391. The average Bonchev–Trinajstić information content (AvgIpc) is 3.21. The molecule has 2 aliphatic rings. The first-order chi connectivity index (χ1) is 15.4. The Morgan fingerprint density at radius 3 is 2.72 bits per heavy atom. The van der Waals surface area contributed by atoms with Crippen molar-refractivity contribution < 1.29 is 22.6 Å². The van der Waals surface area contributed by atoms with E-state index in [1.165, 1.54) is 12.1 Å². The summed E-state index contributed by atoms with van der Waals surface area (Å²) in [4.78, 5) is 9.16. The predicted octanol–water partition coefficient (Wildman–Crippen LogP) is 4.47. The van der Waals surface area contributed by atoms with Crippen molar-refractivity contribution in [2.75, 3.05) is 25.0 Å². The molecule has 6 nitrogen and oxygen atoms in total. The minimum atomic E-state index is -2.88. The number of alkyl halides is 2. The van der Waals surface area contributed by atoms with Gasteiger partial charge >= 0.3 is 0 Å². The molecule has 5 rings (SSSR count). The van der Waals surface area contributed by atoms with Crippen molar-refractivity contribution in [3.05, 3.63) is 52.6 Å². The molecular formula is C23H23F3N4O2. The second-order valence-corrected chi connectivity index (χ2v) is 8.11. The lowest BCUT2D eigenvalue weighted by molar-refractivity contribution is 0.137. The van der Waals surface area contributed by atoms with Gasteiger partial charge in [0, 0.05) is 36.0 Å². The van der Waals surface area contributed by atoms with E-state index >= 15 is 0 Å². The third-order valence-corrected chi connectivity index (χ3v) is 5.87. The van der Waals surface area contributed by atoms with E-state index in [1.807, 2.05) is 6.07 Å². The molecule has 168 valence electrons. The summed E-state index contributed by atoms with van der Waals surface area (Å²) in [6, 6.07) is 5.28. The van der Waals surface area contributed by atoms with E-state index in [0.29, 0.717) is 36.2 Å². The van der Waals surface area contributed by atoms with Gasteiger partial charge in [0.1, 0.15) is 23.6 Å². The molecule has 3 heterocycles. The first-order valence-electron chi connectivity index (χ1n) is 10.6. The van der Waals surface area contributed by atoms with Gasteiger partial charge in [-0.25, -0.2) is 23.1 Å². The van der Waals surface area contributed by atoms with Crippen molar-refractivity contribution in [2.45, 2.75) is 38.8 Å². The molecule has 0 unspecified atom stereocenters. The van der Waals surface area contributed by atoms with Crippen molar-refractivity contribution in [1.82, 2.24) is 15.3 Å². The number of rotatable bonds is 6. The zero-order valence-corrected chi connectivity index (χ0v) is 17.7. The normalized spacial score (nSPS) is 16.6. The Balaban J connectivity index is 1.57. The molecule has 2 N–H and O–H groups in total. The van der Waals surface area contributed by atoms with Crippen LogP contribution in [0.3, 0.4) is 0 Å². The number of aromatic nitrogens is 2. The van der Waals surface area contributed by atoms with Crippen molar-refractivity contribution in [2.24, 2.45) is 0 Å². The number of aryl methyl sites for hydroxylation is 1. The maximum absolute atomic E-state index is 14.7. The summed E-state index contributed by atoms with van der Waals surface area (Å²) in [5.74, 6) is 1.46. The van der Waals surface area contributed by atoms with Crippen LogP contribution in [-0.2, 0) is 6.42 Å². The van der Waals surface area contributed by atoms with Crippen LogP contribution in [0.1, 0.15) is 41.9 Å². The summed E-state index contributed by atoms with van der Waals surface area (Å²) in [5, 5.41) is 7.10. The van der Waals surface area contributed by atoms with Gasteiger partial charge in [0.15, 0.2) is 11.5 Å². The molecule has 9 heteroatoms. The Hall–Kier alpha value is -3.07. The maximum Gasteiger partial charge on any atom is 0.266 e. The number of hydrogen-bond acceptors (Lipinski definition) is 6. The lowest BCUT2D eigenvalue weighted by Crippen LogP contribution is -2.50. The lowest BCUT2D eigenvalue weighted by atomic mass is 10.0. The molecule has 2 aliphatic heterocycles. The molecule has 1 atom stereocenters. The molecule has 0 radical (unpaired) electrons. The number of nitrogens with zero attached hydrogens (tertiary/aromatic N) is 2. The second-order valence-electron chi connectivity index (χ2n) is 8.11. The van der Waals surface area contributed by atoms with E-state index in [0.717, 1.165) is 35.6 Å². The predicted molar refractivity (Wildman–Crippen MR) is 114 cm³/mol. The second kappa shape index (κ2) is 8.12. The first-order valence-corrected chi connectivity index (χ1v) is 10.6. The molecule has 0 aliphatic carbocycles. The highest BCUT2D eigenvalue weighted by Crippen LogP contribution is 2.43. The SMILES string of the molecule is Cc1nc(N[C@H](C)c2cccc(C(F)F)c2F)c2cc(OC3CNC3)c3c(c2n1)CCO3.